The summed E-state index contributed by atoms with van der Waals surface area (Å²) in [6.07, 6.45) is 3.37. The van der Waals surface area contributed by atoms with Crippen molar-refractivity contribution in [2.75, 3.05) is 0 Å². The highest BCUT2D eigenvalue weighted by atomic mass is 19.1. The van der Waals surface area contributed by atoms with E-state index in [9.17, 15) is 28.6 Å². The van der Waals surface area contributed by atoms with Gasteiger partial charge in [0, 0.05) is 22.7 Å². The zero-order valence-electron chi connectivity index (χ0n) is 16.4. The maximum atomic E-state index is 14.2. The Hall–Kier alpha value is -3.22. The maximum Gasteiger partial charge on any atom is 0.311 e. The van der Waals surface area contributed by atoms with Crippen molar-refractivity contribution in [3.8, 4) is 5.75 Å². The molecule has 1 fully saturated rings. The van der Waals surface area contributed by atoms with Crippen molar-refractivity contribution in [2.45, 2.75) is 38.5 Å². The van der Waals surface area contributed by atoms with Gasteiger partial charge in [0.25, 0.3) is 5.91 Å². The fourth-order valence-electron chi connectivity index (χ4n) is 4.68. The van der Waals surface area contributed by atoms with Crippen LogP contribution in [0.15, 0.2) is 36.4 Å². The average Bonchev–Trinajstić information content (AvgIpc) is 3.31. The standard InChI is InChI=1S/C23H21F2NO4/c1-12-20(21(23(29)30)13-4-2-3-5-13)16-10-19(27)17(25)11-18(16)26(12)22(28)14-6-8-15(24)9-7-14/h6-11,13,21,27H,2-5H2,1H3,(H,29,30). The molecule has 0 saturated heterocycles. The second-order valence-corrected chi connectivity index (χ2v) is 7.83. The van der Waals surface area contributed by atoms with Gasteiger partial charge >= 0.3 is 5.97 Å². The summed E-state index contributed by atoms with van der Waals surface area (Å²) in [4.78, 5) is 25.5. The number of carbonyl (C=O) groups excluding carboxylic acids is 1. The third-order valence-electron chi connectivity index (χ3n) is 6.06. The molecule has 4 rings (SSSR count). The normalized spacial score (nSPS) is 15.6. The maximum absolute atomic E-state index is 14.2. The summed E-state index contributed by atoms with van der Waals surface area (Å²) in [7, 11) is 0. The number of phenols is 1. The van der Waals surface area contributed by atoms with E-state index in [2.05, 4.69) is 0 Å². The van der Waals surface area contributed by atoms with Crippen molar-refractivity contribution in [1.82, 2.24) is 4.57 Å². The van der Waals surface area contributed by atoms with E-state index in [1.165, 1.54) is 22.8 Å². The third kappa shape index (κ3) is 3.24. The summed E-state index contributed by atoms with van der Waals surface area (Å²) in [6, 6.07) is 7.18. The Kier molecular flexibility index (Phi) is 5.05. The van der Waals surface area contributed by atoms with Crippen molar-refractivity contribution in [3.63, 3.8) is 0 Å². The Labute approximate surface area is 171 Å². The van der Waals surface area contributed by atoms with Crippen molar-refractivity contribution >= 4 is 22.8 Å². The Bertz CT molecular complexity index is 1140. The molecule has 0 radical (unpaired) electrons. The molecule has 30 heavy (non-hydrogen) atoms. The predicted octanol–water partition coefficient (Wildman–Crippen LogP) is 4.98. The van der Waals surface area contributed by atoms with Crippen LogP contribution in [0.5, 0.6) is 5.75 Å². The SMILES string of the molecule is Cc1c(C(C(=O)O)C2CCCC2)c2cc(O)c(F)cc2n1C(=O)c1ccc(F)cc1. The first-order valence-corrected chi connectivity index (χ1v) is 9.86. The van der Waals surface area contributed by atoms with Gasteiger partial charge in [-0.05, 0) is 61.6 Å². The highest BCUT2D eigenvalue weighted by Crippen LogP contribution is 2.43. The molecule has 2 aromatic carbocycles. The van der Waals surface area contributed by atoms with Crippen LogP contribution in [-0.4, -0.2) is 26.7 Å². The minimum absolute atomic E-state index is 0.103. The topological polar surface area (TPSA) is 79.5 Å². The Morgan fingerprint density at radius 2 is 1.73 bits per heavy atom. The number of halogens is 2. The molecule has 5 nitrogen and oxygen atoms in total. The summed E-state index contributed by atoms with van der Waals surface area (Å²) in [5.41, 5.74) is 1.15. The molecular weight excluding hydrogens is 392 g/mol. The molecule has 2 N–H and O–H groups in total. The van der Waals surface area contributed by atoms with Gasteiger partial charge in [-0.15, -0.1) is 0 Å². The van der Waals surface area contributed by atoms with Gasteiger partial charge in [-0.2, -0.15) is 0 Å². The van der Waals surface area contributed by atoms with Crippen LogP contribution in [-0.2, 0) is 4.79 Å². The molecule has 1 heterocycles. The Balaban J connectivity index is 1.98. The molecule has 1 aliphatic carbocycles. The van der Waals surface area contributed by atoms with Gasteiger partial charge < -0.3 is 10.2 Å². The van der Waals surface area contributed by atoms with E-state index in [-0.39, 0.29) is 17.0 Å². The third-order valence-corrected chi connectivity index (χ3v) is 6.06. The number of hydrogen-bond donors (Lipinski definition) is 2. The van der Waals surface area contributed by atoms with Crippen molar-refractivity contribution in [3.05, 3.63) is 64.9 Å². The van der Waals surface area contributed by atoms with Crippen LogP contribution in [0.4, 0.5) is 8.78 Å². The first kappa shape index (κ1) is 20.1. The average molecular weight is 413 g/mol. The minimum atomic E-state index is -1.01. The summed E-state index contributed by atoms with van der Waals surface area (Å²) in [5, 5.41) is 20.3. The Morgan fingerprint density at radius 3 is 2.33 bits per heavy atom. The number of aromatic hydroxyl groups is 1. The lowest BCUT2D eigenvalue weighted by Gasteiger charge is -2.20. The van der Waals surface area contributed by atoms with Crippen molar-refractivity contribution in [2.24, 2.45) is 5.92 Å². The van der Waals surface area contributed by atoms with Gasteiger partial charge in [0.1, 0.15) is 5.82 Å². The number of carboxylic acids is 1. The quantitative estimate of drug-likeness (QED) is 0.632. The number of phenolic OH excluding ortho intramolecular Hbond substituents is 1. The van der Waals surface area contributed by atoms with E-state index >= 15 is 0 Å². The Morgan fingerprint density at radius 1 is 1.10 bits per heavy atom. The van der Waals surface area contributed by atoms with Crippen LogP contribution >= 0.6 is 0 Å². The van der Waals surface area contributed by atoms with E-state index in [0.29, 0.717) is 16.6 Å². The molecular formula is C23H21F2NO4. The monoisotopic (exact) mass is 413 g/mol. The number of nitrogens with zero attached hydrogens (tertiary/aromatic N) is 1. The molecule has 0 amide bonds. The van der Waals surface area contributed by atoms with Gasteiger partial charge in [0.15, 0.2) is 11.6 Å². The molecule has 156 valence electrons. The zero-order valence-corrected chi connectivity index (χ0v) is 16.4. The number of hydrogen-bond acceptors (Lipinski definition) is 3. The van der Waals surface area contributed by atoms with Crippen LogP contribution in [0, 0.1) is 24.5 Å². The summed E-state index contributed by atoms with van der Waals surface area (Å²) >= 11 is 0. The number of aliphatic carboxylic acids is 1. The number of carbonyl (C=O) groups is 2. The molecule has 0 bridgehead atoms. The smallest absolute Gasteiger partial charge is 0.311 e. The highest BCUT2D eigenvalue weighted by Gasteiger charge is 2.37. The van der Waals surface area contributed by atoms with E-state index in [0.717, 1.165) is 43.9 Å². The minimum Gasteiger partial charge on any atom is -0.505 e. The van der Waals surface area contributed by atoms with Gasteiger partial charge in [-0.3, -0.25) is 14.2 Å². The summed E-state index contributed by atoms with van der Waals surface area (Å²) in [6.45, 7) is 1.62. The van der Waals surface area contributed by atoms with Gasteiger partial charge in [0.05, 0.1) is 11.4 Å². The molecule has 3 aromatic rings. The second kappa shape index (κ2) is 7.55. The van der Waals surface area contributed by atoms with Crippen LogP contribution < -0.4 is 0 Å². The van der Waals surface area contributed by atoms with E-state index < -0.39 is 35.2 Å². The number of aromatic nitrogens is 1. The predicted molar refractivity (Wildman–Crippen MR) is 107 cm³/mol. The molecule has 1 unspecified atom stereocenters. The molecule has 7 heteroatoms. The van der Waals surface area contributed by atoms with Gasteiger partial charge in [-0.1, -0.05) is 12.8 Å². The second-order valence-electron chi connectivity index (χ2n) is 7.83. The van der Waals surface area contributed by atoms with Crippen LogP contribution in [0.2, 0.25) is 0 Å². The first-order chi connectivity index (χ1) is 14.3. The zero-order chi connectivity index (χ0) is 21.6. The fourth-order valence-corrected chi connectivity index (χ4v) is 4.68. The molecule has 0 aliphatic heterocycles. The first-order valence-electron chi connectivity index (χ1n) is 9.86. The molecule has 1 atom stereocenters. The number of fused-ring (bicyclic) bond motifs is 1. The number of benzene rings is 2. The lowest BCUT2D eigenvalue weighted by atomic mass is 9.83. The fraction of sp³-hybridized carbons (Fsp3) is 0.304. The van der Waals surface area contributed by atoms with Crippen LogP contribution in [0.1, 0.15) is 53.2 Å². The molecule has 0 spiro atoms. The van der Waals surface area contributed by atoms with Gasteiger partial charge in [-0.25, -0.2) is 8.78 Å². The lowest BCUT2D eigenvalue weighted by Crippen LogP contribution is -2.21. The summed E-state index contributed by atoms with van der Waals surface area (Å²) < 4.78 is 28.8. The molecule has 1 aliphatic rings. The van der Waals surface area contributed by atoms with E-state index in [4.69, 9.17) is 0 Å². The van der Waals surface area contributed by atoms with Crippen molar-refractivity contribution in [1.29, 1.82) is 0 Å². The largest absolute Gasteiger partial charge is 0.505 e. The van der Waals surface area contributed by atoms with Crippen molar-refractivity contribution < 1.29 is 28.6 Å². The van der Waals surface area contributed by atoms with Crippen LogP contribution in [0.3, 0.4) is 0 Å². The summed E-state index contributed by atoms with van der Waals surface area (Å²) in [5.74, 6) is -4.52. The lowest BCUT2D eigenvalue weighted by molar-refractivity contribution is -0.140. The molecule has 1 saturated carbocycles. The molecule has 1 aromatic heterocycles. The number of carboxylic acid groups (broad SMARTS) is 1. The number of rotatable bonds is 4. The van der Waals surface area contributed by atoms with E-state index in [1.54, 1.807) is 6.92 Å². The van der Waals surface area contributed by atoms with Gasteiger partial charge in [0.2, 0.25) is 0 Å². The van der Waals surface area contributed by atoms with E-state index in [1.807, 2.05) is 0 Å². The van der Waals surface area contributed by atoms with Crippen LogP contribution in [0.25, 0.3) is 10.9 Å². The highest BCUT2D eigenvalue weighted by molar-refractivity contribution is 6.05.